The number of ether oxygens (including phenoxy) is 1. The monoisotopic (exact) mass is 253 g/mol. The van der Waals surface area contributed by atoms with Gasteiger partial charge >= 0.3 is 0 Å². The fourth-order valence-electron chi connectivity index (χ4n) is 2.12. The predicted molar refractivity (Wildman–Crippen MR) is 76.8 cm³/mol. The van der Waals surface area contributed by atoms with Crippen LogP contribution in [0.4, 0.5) is 5.69 Å². The van der Waals surface area contributed by atoms with Gasteiger partial charge in [-0.25, -0.2) is 4.98 Å². The third-order valence-corrected chi connectivity index (χ3v) is 3.29. The van der Waals surface area contributed by atoms with Crippen LogP contribution in [0.15, 0.2) is 42.7 Å². The Bertz CT molecular complexity index is 729. The summed E-state index contributed by atoms with van der Waals surface area (Å²) in [5, 5.41) is 0. The number of nitrogens with zero attached hydrogens (tertiary/aromatic N) is 2. The molecule has 0 bridgehead atoms. The van der Waals surface area contributed by atoms with E-state index in [0.717, 1.165) is 33.7 Å². The Labute approximate surface area is 111 Å². The van der Waals surface area contributed by atoms with E-state index in [1.54, 1.807) is 7.11 Å². The third-order valence-electron chi connectivity index (χ3n) is 3.29. The summed E-state index contributed by atoms with van der Waals surface area (Å²) in [6.07, 6.45) is 1.81. The second-order valence-electron chi connectivity index (χ2n) is 4.51. The van der Waals surface area contributed by atoms with E-state index >= 15 is 0 Å². The molecule has 0 fully saturated rings. The van der Waals surface area contributed by atoms with E-state index < -0.39 is 0 Å². The molecule has 1 heterocycles. The Balaban J connectivity index is 2.16. The molecule has 0 saturated heterocycles. The molecular formula is C15H15N3O. The molecule has 1 aromatic heterocycles. The fourth-order valence-corrected chi connectivity index (χ4v) is 2.12. The largest absolute Gasteiger partial charge is 0.497 e. The maximum absolute atomic E-state index is 5.98. The van der Waals surface area contributed by atoms with E-state index in [0.29, 0.717) is 0 Å². The highest BCUT2D eigenvalue weighted by atomic mass is 16.5. The SMILES string of the molecule is COc1ccc(-n2cnc3cc(C)c(N)cc32)cc1. The van der Waals surface area contributed by atoms with Gasteiger partial charge in [0.25, 0.3) is 0 Å². The molecule has 96 valence electrons. The molecule has 3 rings (SSSR count). The molecule has 0 atom stereocenters. The summed E-state index contributed by atoms with van der Waals surface area (Å²) in [7, 11) is 1.66. The third kappa shape index (κ3) is 1.91. The van der Waals surface area contributed by atoms with E-state index in [1.165, 1.54) is 0 Å². The van der Waals surface area contributed by atoms with Gasteiger partial charge < -0.3 is 10.5 Å². The summed E-state index contributed by atoms with van der Waals surface area (Å²) in [5.41, 5.74) is 10.8. The lowest BCUT2D eigenvalue weighted by Crippen LogP contribution is -1.94. The molecule has 4 heteroatoms. The van der Waals surface area contributed by atoms with Gasteiger partial charge in [0, 0.05) is 11.4 Å². The minimum atomic E-state index is 0.780. The van der Waals surface area contributed by atoms with Gasteiger partial charge in [-0.2, -0.15) is 0 Å². The molecule has 3 aromatic rings. The lowest BCUT2D eigenvalue weighted by Gasteiger charge is -2.07. The van der Waals surface area contributed by atoms with Crippen molar-refractivity contribution < 1.29 is 4.74 Å². The van der Waals surface area contributed by atoms with Crippen LogP contribution in [0.5, 0.6) is 5.75 Å². The van der Waals surface area contributed by atoms with Crippen molar-refractivity contribution >= 4 is 16.7 Å². The van der Waals surface area contributed by atoms with Gasteiger partial charge in [0.05, 0.1) is 18.1 Å². The highest BCUT2D eigenvalue weighted by molar-refractivity contribution is 5.82. The summed E-state index contributed by atoms with van der Waals surface area (Å²) in [5.74, 6) is 0.837. The van der Waals surface area contributed by atoms with Crippen LogP contribution in [0.25, 0.3) is 16.7 Å². The maximum Gasteiger partial charge on any atom is 0.119 e. The zero-order valence-corrected chi connectivity index (χ0v) is 10.9. The summed E-state index contributed by atoms with van der Waals surface area (Å²) in [4.78, 5) is 4.42. The van der Waals surface area contributed by atoms with Crippen LogP contribution in [-0.2, 0) is 0 Å². The molecule has 19 heavy (non-hydrogen) atoms. The normalized spacial score (nSPS) is 10.8. The van der Waals surface area contributed by atoms with Crippen molar-refractivity contribution in [2.75, 3.05) is 12.8 Å². The summed E-state index contributed by atoms with van der Waals surface area (Å²) in [6.45, 7) is 1.99. The van der Waals surface area contributed by atoms with Gasteiger partial charge in [-0.05, 0) is 48.9 Å². The molecule has 4 nitrogen and oxygen atoms in total. The van der Waals surface area contributed by atoms with E-state index in [2.05, 4.69) is 4.98 Å². The number of hydrogen-bond donors (Lipinski definition) is 1. The quantitative estimate of drug-likeness (QED) is 0.714. The number of fused-ring (bicyclic) bond motifs is 1. The van der Waals surface area contributed by atoms with Gasteiger partial charge in [0.1, 0.15) is 12.1 Å². The average Bonchev–Trinajstić information content (AvgIpc) is 2.82. The first-order chi connectivity index (χ1) is 9.19. The van der Waals surface area contributed by atoms with Crippen LogP contribution in [0.3, 0.4) is 0 Å². The zero-order valence-electron chi connectivity index (χ0n) is 10.9. The highest BCUT2D eigenvalue weighted by Gasteiger charge is 2.07. The number of imidazole rings is 1. The summed E-state index contributed by atoms with van der Waals surface area (Å²) in [6, 6.07) is 11.8. The van der Waals surface area contributed by atoms with Crippen LogP contribution < -0.4 is 10.5 Å². The Kier molecular flexibility index (Phi) is 2.63. The van der Waals surface area contributed by atoms with Crippen molar-refractivity contribution in [3.05, 3.63) is 48.3 Å². The number of nitrogen functional groups attached to an aromatic ring is 1. The number of benzene rings is 2. The lowest BCUT2D eigenvalue weighted by atomic mass is 10.2. The van der Waals surface area contributed by atoms with Crippen LogP contribution >= 0.6 is 0 Å². The molecular weight excluding hydrogens is 238 g/mol. The number of aryl methyl sites for hydroxylation is 1. The Hall–Kier alpha value is -2.49. The number of nitrogens with two attached hydrogens (primary N) is 1. The van der Waals surface area contributed by atoms with Crippen LogP contribution in [-0.4, -0.2) is 16.7 Å². The van der Waals surface area contributed by atoms with Crippen molar-refractivity contribution in [1.82, 2.24) is 9.55 Å². The highest BCUT2D eigenvalue weighted by Crippen LogP contribution is 2.24. The first-order valence-electron chi connectivity index (χ1n) is 6.06. The zero-order chi connectivity index (χ0) is 13.4. The van der Waals surface area contributed by atoms with Gasteiger partial charge in [-0.1, -0.05) is 0 Å². The molecule has 0 aliphatic rings. The summed E-state index contributed by atoms with van der Waals surface area (Å²) >= 11 is 0. The molecule has 0 spiro atoms. The van der Waals surface area contributed by atoms with E-state index in [-0.39, 0.29) is 0 Å². The number of rotatable bonds is 2. The van der Waals surface area contributed by atoms with E-state index in [9.17, 15) is 0 Å². The van der Waals surface area contributed by atoms with Crippen molar-refractivity contribution in [3.8, 4) is 11.4 Å². The molecule has 0 radical (unpaired) electrons. The minimum absolute atomic E-state index is 0.780. The second kappa shape index (κ2) is 4.31. The number of anilines is 1. The molecule has 0 saturated carbocycles. The molecule has 0 amide bonds. The van der Waals surface area contributed by atoms with Gasteiger partial charge in [-0.3, -0.25) is 4.57 Å². The lowest BCUT2D eigenvalue weighted by molar-refractivity contribution is 0.415. The molecule has 0 aliphatic heterocycles. The van der Waals surface area contributed by atoms with Crippen LogP contribution in [0.1, 0.15) is 5.56 Å². The van der Waals surface area contributed by atoms with Crippen molar-refractivity contribution in [3.63, 3.8) is 0 Å². The number of aromatic nitrogens is 2. The predicted octanol–water partition coefficient (Wildman–Crippen LogP) is 2.92. The van der Waals surface area contributed by atoms with E-state index in [4.69, 9.17) is 10.5 Å². The molecule has 2 aromatic carbocycles. The Morgan fingerprint density at radius 1 is 1.16 bits per heavy atom. The number of methoxy groups -OCH3 is 1. The number of hydrogen-bond acceptors (Lipinski definition) is 3. The van der Waals surface area contributed by atoms with Crippen molar-refractivity contribution in [2.45, 2.75) is 6.92 Å². The topological polar surface area (TPSA) is 53.1 Å². The summed E-state index contributed by atoms with van der Waals surface area (Å²) < 4.78 is 7.18. The van der Waals surface area contributed by atoms with Gasteiger partial charge in [-0.15, -0.1) is 0 Å². The minimum Gasteiger partial charge on any atom is -0.497 e. The van der Waals surface area contributed by atoms with Crippen molar-refractivity contribution in [1.29, 1.82) is 0 Å². The van der Waals surface area contributed by atoms with Crippen LogP contribution in [0.2, 0.25) is 0 Å². The Morgan fingerprint density at radius 2 is 1.89 bits per heavy atom. The molecule has 2 N–H and O–H groups in total. The van der Waals surface area contributed by atoms with Crippen LogP contribution in [0, 0.1) is 6.92 Å². The fraction of sp³-hybridized carbons (Fsp3) is 0.133. The second-order valence-corrected chi connectivity index (χ2v) is 4.51. The average molecular weight is 253 g/mol. The molecule has 0 aliphatic carbocycles. The smallest absolute Gasteiger partial charge is 0.119 e. The molecule has 0 unspecified atom stereocenters. The standard InChI is InChI=1S/C15H15N3O/c1-10-7-14-15(8-13(10)16)18(9-17-14)11-3-5-12(19-2)6-4-11/h3-9H,16H2,1-2H3. The Morgan fingerprint density at radius 3 is 2.58 bits per heavy atom. The van der Waals surface area contributed by atoms with Gasteiger partial charge in [0.2, 0.25) is 0 Å². The van der Waals surface area contributed by atoms with E-state index in [1.807, 2.05) is 54.2 Å². The van der Waals surface area contributed by atoms with Gasteiger partial charge in [0.15, 0.2) is 0 Å². The first kappa shape index (κ1) is 11.6. The maximum atomic E-state index is 5.98. The van der Waals surface area contributed by atoms with Crippen molar-refractivity contribution in [2.24, 2.45) is 0 Å². The first-order valence-corrected chi connectivity index (χ1v) is 6.06.